The van der Waals surface area contributed by atoms with E-state index in [9.17, 15) is 9.59 Å². The van der Waals surface area contributed by atoms with Gasteiger partial charge >= 0.3 is 0 Å². The van der Waals surface area contributed by atoms with E-state index in [0.717, 1.165) is 30.9 Å². The molecule has 5 heteroatoms. The number of amides is 1. The molecule has 1 unspecified atom stereocenters. The summed E-state index contributed by atoms with van der Waals surface area (Å²) < 4.78 is 0. The number of hydrogen-bond acceptors (Lipinski definition) is 4. The van der Waals surface area contributed by atoms with E-state index in [2.05, 4.69) is 51.9 Å². The third-order valence-corrected chi connectivity index (χ3v) is 5.50. The van der Waals surface area contributed by atoms with Crippen LogP contribution in [0.5, 0.6) is 0 Å². The van der Waals surface area contributed by atoms with E-state index < -0.39 is 0 Å². The lowest BCUT2D eigenvalue weighted by Gasteiger charge is -2.37. The van der Waals surface area contributed by atoms with Gasteiger partial charge in [-0.15, -0.1) is 0 Å². The molecule has 1 fully saturated rings. The lowest BCUT2D eigenvalue weighted by Crippen LogP contribution is -2.55. The Morgan fingerprint density at radius 2 is 1.85 bits per heavy atom. The van der Waals surface area contributed by atoms with Crippen molar-refractivity contribution < 1.29 is 9.59 Å². The van der Waals surface area contributed by atoms with Crippen molar-refractivity contribution in [1.29, 1.82) is 0 Å². The zero-order valence-corrected chi connectivity index (χ0v) is 15.6. The van der Waals surface area contributed by atoms with Crippen molar-refractivity contribution in [2.24, 2.45) is 0 Å². The summed E-state index contributed by atoms with van der Waals surface area (Å²) in [5.74, 6) is 0.324. The summed E-state index contributed by atoms with van der Waals surface area (Å²) in [7, 11) is 0. The van der Waals surface area contributed by atoms with E-state index in [4.69, 9.17) is 0 Å². The van der Waals surface area contributed by atoms with Crippen molar-refractivity contribution in [3.63, 3.8) is 0 Å². The molecule has 5 nitrogen and oxygen atoms in total. The van der Waals surface area contributed by atoms with Crippen molar-refractivity contribution in [3.05, 3.63) is 48.0 Å². The van der Waals surface area contributed by atoms with Crippen molar-refractivity contribution in [1.82, 2.24) is 5.32 Å². The van der Waals surface area contributed by atoms with Gasteiger partial charge in [0.15, 0.2) is 5.78 Å². The van der Waals surface area contributed by atoms with Gasteiger partial charge in [-0.2, -0.15) is 0 Å². The summed E-state index contributed by atoms with van der Waals surface area (Å²) in [4.78, 5) is 25.8. The molecule has 0 radical (unpaired) electrons. The minimum atomic E-state index is -0.110. The summed E-state index contributed by atoms with van der Waals surface area (Å²) in [6, 6.07) is 14.5. The van der Waals surface area contributed by atoms with Crippen LogP contribution in [-0.2, 0) is 16.0 Å². The minimum absolute atomic E-state index is 0.0705. The number of aryl methyl sites for hydroxylation is 1. The molecule has 2 aliphatic carbocycles. The highest BCUT2D eigenvalue weighted by Crippen LogP contribution is 2.30. The fourth-order valence-corrected chi connectivity index (χ4v) is 3.74. The Balaban J connectivity index is 0.000000250. The first kappa shape index (κ1) is 17.7. The van der Waals surface area contributed by atoms with Gasteiger partial charge in [-0.1, -0.05) is 37.3 Å². The number of hydrogen-bond donors (Lipinski definition) is 2. The zero-order valence-electron chi connectivity index (χ0n) is 15.6. The lowest BCUT2D eigenvalue weighted by molar-refractivity contribution is -0.120. The van der Waals surface area contributed by atoms with Crippen LogP contribution in [0.15, 0.2) is 42.5 Å². The zero-order chi connectivity index (χ0) is 18.8. The molecule has 0 saturated carbocycles. The first-order valence-corrected chi connectivity index (χ1v) is 9.69. The van der Waals surface area contributed by atoms with Crippen molar-refractivity contribution in [2.45, 2.75) is 32.2 Å². The normalized spacial score (nSPS) is 19.4. The van der Waals surface area contributed by atoms with Crippen LogP contribution in [0.1, 0.15) is 25.3 Å². The molecule has 4 aliphatic rings. The Labute approximate surface area is 159 Å². The molecule has 1 aromatic carbocycles. The maximum Gasteiger partial charge on any atom is 0.224 e. The van der Waals surface area contributed by atoms with E-state index in [1.54, 1.807) is 0 Å². The molecule has 1 aromatic rings. The van der Waals surface area contributed by atoms with Gasteiger partial charge in [0, 0.05) is 43.9 Å². The number of carbonyl (C=O) groups excluding carboxylic acids is 2. The van der Waals surface area contributed by atoms with Crippen molar-refractivity contribution in [2.75, 3.05) is 29.9 Å². The smallest absolute Gasteiger partial charge is 0.224 e. The lowest BCUT2D eigenvalue weighted by atomic mass is 9.95. The number of nitrogens with one attached hydrogen (secondary N) is 2. The van der Waals surface area contributed by atoms with Crippen LogP contribution in [0.4, 0.5) is 11.4 Å². The number of Topliss-reactive ketones (excluding diaryl/α,β-unsaturated/α-hetero) is 1. The van der Waals surface area contributed by atoms with Crippen molar-refractivity contribution >= 4 is 23.1 Å². The molecule has 0 bridgehead atoms. The molecule has 2 heterocycles. The maximum atomic E-state index is 12.1. The van der Waals surface area contributed by atoms with E-state index in [-0.39, 0.29) is 17.7 Å². The number of fused-ring (bicyclic) bond motifs is 2. The van der Waals surface area contributed by atoms with Gasteiger partial charge in [-0.3, -0.25) is 9.59 Å². The first-order chi connectivity index (χ1) is 13.2. The van der Waals surface area contributed by atoms with Crippen LogP contribution in [0.2, 0.25) is 0 Å². The van der Waals surface area contributed by atoms with Crippen LogP contribution in [0.3, 0.4) is 0 Å². The first-order valence-electron chi connectivity index (χ1n) is 9.69. The van der Waals surface area contributed by atoms with Gasteiger partial charge in [0.2, 0.25) is 5.91 Å². The Morgan fingerprint density at radius 1 is 1.11 bits per heavy atom. The minimum Gasteiger partial charge on any atom is -0.359 e. The number of ketones is 1. The Bertz CT molecular complexity index is 839. The van der Waals surface area contributed by atoms with E-state index >= 15 is 0 Å². The standard InChI is InChI=1S/C16H21N3O2.C6H4/c1-2-15(20)14-10-17-7-8-19(14)12-5-3-11-4-6-16(21)18-13(11)9-12;1-2-6-4-3-5(1)6/h3,5,9,14,17H,2,4,6-8,10H2,1H3,(H,18,21);1-4H. The van der Waals surface area contributed by atoms with Gasteiger partial charge < -0.3 is 15.5 Å². The number of piperazine rings is 1. The molecule has 140 valence electrons. The number of rotatable bonds is 3. The second kappa shape index (κ2) is 7.53. The maximum absolute atomic E-state index is 12.1. The summed E-state index contributed by atoms with van der Waals surface area (Å²) in [6.45, 7) is 4.28. The summed E-state index contributed by atoms with van der Waals surface area (Å²) in [5, 5.41) is 6.22. The van der Waals surface area contributed by atoms with Gasteiger partial charge in [-0.05, 0) is 35.2 Å². The van der Waals surface area contributed by atoms with Crippen LogP contribution in [-0.4, -0.2) is 37.4 Å². The molecule has 27 heavy (non-hydrogen) atoms. The highest BCUT2D eigenvalue weighted by Gasteiger charge is 2.28. The van der Waals surface area contributed by atoms with E-state index in [1.165, 1.54) is 16.7 Å². The largest absolute Gasteiger partial charge is 0.359 e. The average molecular weight is 363 g/mol. The Morgan fingerprint density at radius 3 is 2.48 bits per heavy atom. The molecule has 2 aliphatic heterocycles. The molecule has 5 rings (SSSR count). The molecule has 0 aromatic heterocycles. The molecule has 2 N–H and O–H groups in total. The highest BCUT2D eigenvalue weighted by atomic mass is 16.1. The summed E-state index contributed by atoms with van der Waals surface area (Å²) >= 11 is 0. The Hall–Kier alpha value is -2.66. The van der Waals surface area contributed by atoms with Crippen LogP contribution in [0, 0.1) is 0 Å². The Kier molecular flexibility index (Phi) is 4.94. The average Bonchev–Trinajstić information content (AvgIpc) is 2.70. The molecule has 0 spiro atoms. The van der Waals surface area contributed by atoms with E-state index in [0.29, 0.717) is 19.4 Å². The van der Waals surface area contributed by atoms with Gasteiger partial charge in [0.1, 0.15) is 6.04 Å². The number of benzene rings is 2. The van der Waals surface area contributed by atoms with Crippen LogP contribution >= 0.6 is 0 Å². The quantitative estimate of drug-likeness (QED) is 0.751. The van der Waals surface area contributed by atoms with Gasteiger partial charge in [0.05, 0.1) is 0 Å². The molecule has 1 atom stereocenters. The monoisotopic (exact) mass is 363 g/mol. The molecular formula is C22H25N3O2. The summed E-state index contributed by atoms with van der Waals surface area (Å²) in [5.41, 5.74) is 5.94. The van der Waals surface area contributed by atoms with Gasteiger partial charge in [-0.25, -0.2) is 0 Å². The molecular weight excluding hydrogens is 338 g/mol. The van der Waals surface area contributed by atoms with Crippen LogP contribution < -0.4 is 15.5 Å². The topological polar surface area (TPSA) is 61.4 Å². The highest BCUT2D eigenvalue weighted by molar-refractivity contribution is 5.95. The number of anilines is 2. The SMILES string of the molecule is CCC(=O)C1CNCCN1c1ccc2c(c1)NC(=O)CC2.c1cc2ccc1-2. The second-order valence-electron chi connectivity index (χ2n) is 7.20. The molecule has 1 saturated heterocycles. The second-order valence-corrected chi connectivity index (χ2v) is 7.20. The van der Waals surface area contributed by atoms with Crippen LogP contribution in [0.25, 0.3) is 11.1 Å². The fourth-order valence-electron chi connectivity index (χ4n) is 3.74. The third kappa shape index (κ3) is 3.60. The summed E-state index contributed by atoms with van der Waals surface area (Å²) in [6.07, 6.45) is 1.89. The number of carbonyl (C=O) groups is 2. The predicted molar refractivity (Wildman–Crippen MR) is 108 cm³/mol. The third-order valence-electron chi connectivity index (χ3n) is 5.50. The fraction of sp³-hybridized carbons (Fsp3) is 0.364. The predicted octanol–water partition coefficient (Wildman–Crippen LogP) is 3.00. The molecule has 1 amide bonds. The van der Waals surface area contributed by atoms with E-state index in [1.807, 2.05) is 13.0 Å². The van der Waals surface area contributed by atoms with Crippen molar-refractivity contribution in [3.8, 4) is 11.1 Å². The number of nitrogens with zero attached hydrogens (tertiary/aromatic N) is 1. The van der Waals surface area contributed by atoms with Gasteiger partial charge in [0.25, 0.3) is 0 Å².